The Hall–Kier alpha value is -0.850. The molecule has 0 aromatic carbocycles. The molecule has 0 aliphatic carbocycles. The second kappa shape index (κ2) is 4.99. The standard InChI is InChI=1S/C9H13ClN2O3S/c1-3-4-12(2)16(14,15)7-5-8(10)9(13)11-6-7/h5-6H,3-4H2,1-2H3,(H,11,13). The lowest BCUT2D eigenvalue weighted by atomic mass is 10.5. The molecule has 5 nitrogen and oxygen atoms in total. The van der Waals surface area contributed by atoms with Gasteiger partial charge in [0.25, 0.3) is 5.56 Å². The lowest BCUT2D eigenvalue weighted by molar-refractivity contribution is 0.468. The van der Waals surface area contributed by atoms with Crippen molar-refractivity contribution in [2.24, 2.45) is 0 Å². The van der Waals surface area contributed by atoms with E-state index in [-0.39, 0.29) is 9.92 Å². The van der Waals surface area contributed by atoms with Gasteiger partial charge in [0, 0.05) is 19.8 Å². The maximum absolute atomic E-state index is 11.9. The van der Waals surface area contributed by atoms with Crippen LogP contribution in [0.3, 0.4) is 0 Å². The Morgan fingerprint density at radius 2 is 2.12 bits per heavy atom. The third kappa shape index (κ3) is 2.63. The minimum atomic E-state index is -3.56. The highest BCUT2D eigenvalue weighted by atomic mass is 35.5. The van der Waals surface area contributed by atoms with Crippen LogP contribution in [0.15, 0.2) is 22.0 Å². The van der Waals surface area contributed by atoms with E-state index >= 15 is 0 Å². The Kier molecular flexibility index (Phi) is 4.12. The Balaban J connectivity index is 3.17. The summed E-state index contributed by atoms with van der Waals surface area (Å²) in [7, 11) is -2.08. The Bertz CT molecular complexity index is 524. The zero-order chi connectivity index (χ0) is 12.3. The van der Waals surface area contributed by atoms with Gasteiger partial charge in [-0.2, -0.15) is 0 Å². The van der Waals surface area contributed by atoms with Crippen molar-refractivity contribution in [2.75, 3.05) is 13.6 Å². The number of H-pyrrole nitrogens is 1. The second-order valence-electron chi connectivity index (χ2n) is 3.34. The lowest BCUT2D eigenvalue weighted by Crippen LogP contribution is -2.28. The van der Waals surface area contributed by atoms with E-state index < -0.39 is 15.6 Å². The van der Waals surface area contributed by atoms with Crippen LogP contribution in [0.2, 0.25) is 5.02 Å². The van der Waals surface area contributed by atoms with Gasteiger partial charge >= 0.3 is 0 Å². The molecule has 0 aliphatic heterocycles. The summed E-state index contributed by atoms with van der Waals surface area (Å²) >= 11 is 5.57. The van der Waals surface area contributed by atoms with Crippen LogP contribution in [0.5, 0.6) is 0 Å². The molecule has 0 aliphatic rings. The van der Waals surface area contributed by atoms with E-state index in [1.165, 1.54) is 11.4 Å². The number of rotatable bonds is 4. The van der Waals surface area contributed by atoms with E-state index in [9.17, 15) is 13.2 Å². The van der Waals surface area contributed by atoms with Crippen LogP contribution >= 0.6 is 11.6 Å². The number of halogens is 1. The molecular weight excluding hydrogens is 252 g/mol. The highest BCUT2D eigenvalue weighted by Gasteiger charge is 2.20. The minimum absolute atomic E-state index is 0.00644. The number of hydrogen-bond donors (Lipinski definition) is 1. The molecule has 0 spiro atoms. The molecule has 0 radical (unpaired) electrons. The molecule has 1 N–H and O–H groups in total. The molecule has 0 unspecified atom stereocenters. The molecule has 0 amide bonds. The monoisotopic (exact) mass is 264 g/mol. The molecule has 1 heterocycles. The molecule has 16 heavy (non-hydrogen) atoms. The molecular formula is C9H13ClN2O3S. The molecule has 7 heteroatoms. The Labute approximate surface area is 99.1 Å². The highest BCUT2D eigenvalue weighted by Crippen LogP contribution is 2.15. The van der Waals surface area contributed by atoms with Crippen molar-refractivity contribution in [2.45, 2.75) is 18.2 Å². The van der Waals surface area contributed by atoms with Crippen LogP contribution in [0, 0.1) is 0 Å². The van der Waals surface area contributed by atoms with Crippen LogP contribution in [-0.4, -0.2) is 31.3 Å². The van der Waals surface area contributed by atoms with Crippen molar-refractivity contribution < 1.29 is 8.42 Å². The molecule has 0 fully saturated rings. The number of aromatic amines is 1. The first kappa shape index (κ1) is 13.2. The number of hydrogen-bond acceptors (Lipinski definition) is 3. The number of sulfonamides is 1. The van der Waals surface area contributed by atoms with Gasteiger partial charge in [-0.3, -0.25) is 4.79 Å². The van der Waals surface area contributed by atoms with Gasteiger partial charge in [0.05, 0.1) is 4.90 Å². The van der Waals surface area contributed by atoms with Crippen LogP contribution in [-0.2, 0) is 10.0 Å². The predicted octanol–water partition coefficient (Wildman–Crippen LogP) is 1.06. The molecule has 90 valence electrons. The van der Waals surface area contributed by atoms with Gasteiger partial charge in [-0.05, 0) is 12.5 Å². The fraction of sp³-hybridized carbons (Fsp3) is 0.444. The average molecular weight is 265 g/mol. The molecule has 0 bridgehead atoms. The van der Waals surface area contributed by atoms with Crippen molar-refractivity contribution in [1.82, 2.24) is 9.29 Å². The summed E-state index contributed by atoms with van der Waals surface area (Å²) in [6, 6.07) is 1.15. The first-order chi connectivity index (χ1) is 7.39. The number of pyridine rings is 1. The maximum atomic E-state index is 11.9. The van der Waals surface area contributed by atoms with Gasteiger partial charge in [0.2, 0.25) is 10.0 Å². The van der Waals surface area contributed by atoms with E-state index in [0.29, 0.717) is 13.0 Å². The SMILES string of the molecule is CCCN(C)S(=O)(=O)c1c[nH]c(=O)c(Cl)c1. The summed E-state index contributed by atoms with van der Waals surface area (Å²) in [6.07, 6.45) is 1.86. The van der Waals surface area contributed by atoms with Crippen molar-refractivity contribution in [1.29, 1.82) is 0 Å². The summed E-state index contributed by atoms with van der Waals surface area (Å²) in [5.41, 5.74) is -0.501. The quantitative estimate of drug-likeness (QED) is 0.884. The molecule has 0 saturated heterocycles. The first-order valence-corrected chi connectivity index (χ1v) is 6.56. The van der Waals surface area contributed by atoms with Crippen molar-refractivity contribution in [3.63, 3.8) is 0 Å². The lowest BCUT2D eigenvalue weighted by Gasteiger charge is -2.15. The highest BCUT2D eigenvalue weighted by molar-refractivity contribution is 7.89. The molecule has 1 aromatic rings. The third-order valence-corrected chi connectivity index (χ3v) is 4.19. The van der Waals surface area contributed by atoms with E-state index in [1.54, 1.807) is 0 Å². The Morgan fingerprint density at radius 1 is 1.50 bits per heavy atom. The van der Waals surface area contributed by atoms with Crippen LogP contribution in [0.4, 0.5) is 0 Å². The van der Waals surface area contributed by atoms with Gasteiger partial charge in [0.1, 0.15) is 5.02 Å². The smallest absolute Gasteiger partial charge is 0.266 e. The molecule has 0 atom stereocenters. The Morgan fingerprint density at radius 3 is 2.62 bits per heavy atom. The van der Waals surface area contributed by atoms with E-state index in [2.05, 4.69) is 4.98 Å². The zero-order valence-electron chi connectivity index (χ0n) is 9.03. The van der Waals surface area contributed by atoms with Gasteiger partial charge in [-0.25, -0.2) is 12.7 Å². The largest absolute Gasteiger partial charge is 0.326 e. The third-order valence-electron chi connectivity index (χ3n) is 2.08. The number of nitrogens with one attached hydrogen (secondary N) is 1. The summed E-state index contributed by atoms with van der Waals surface area (Å²) in [5.74, 6) is 0. The molecule has 1 rings (SSSR count). The molecule has 0 saturated carbocycles. The fourth-order valence-corrected chi connectivity index (χ4v) is 2.70. The second-order valence-corrected chi connectivity index (χ2v) is 5.79. The minimum Gasteiger partial charge on any atom is -0.326 e. The fourth-order valence-electron chi connectivity index (χ4n) is 1.20. The molecule has 1 aromatic heterocycles. The summed E-state index contributed by atoms with van der Waals surface area (Å²) < 4.78 is 25.1. The van der Waals surface area contributed by atoms with Gasteiger partial charge in [0.15, 0.2) is 0 Å². The van der Waals surface area contributed by atoms with Gasteiger partial charge < -0.3 is 4.98 Å². The first-order valence-electron chi connectivity index (χ1n) is 4.74. The van der Waals surface area contributed by atoms with E-state index in [1.807, 2.05) is 6.92 Å². The maximum Gasteiger partial charge on any atom is 0.266 e. The zero-order valence-corrected chi connectivity index (χ0v) is 10.6. The van der Waals surface area contributed by atoms with E-state index in [4.69, 9.17) is 11.6 Å². The van der Waals surface area contributed by atoms with Gasteiger partial charge in [-0.15, -0.1) is 0 Å². The van der Waals surface area contributed by atoms with E-state index in [0.717, 1.165) is 12.3 Å². The summed E-state index contributed by atoms with van der Waals surface area (Å²) in [4.78, 5) is 13.3. The topological polar surface area (TPSA) is 70.2 Å². The average Bonchev–Trinajstić information content (AvgIpc) is 2.22. The van der Waals surface area contributed by atoms with Crippen LogP contribution in [0.1, 0.15) is 13.3 Å². The number of aromatic nitrogens is 1. The summed E-state index contributed by atoms with van der Waals surface area (Å²) in [5, 5.41) is -0.133. The van der Waals surface area contributed by atoms with Crippen molar-refractivity contribution in [3.8, 4) is 0 Å². The van der Waals surface area contributed by atoms with Crippen LogP contribution < -0.4 is 5.56 Å². The predicted molar refractivity (Wildman–Crippen MR) is 62.2 cm³/mol. The van der Waals surface area contributed by atoms with Crippen molar-refractivity contribution in [3.05, 3.63) is 27.6 Å². The van der Waals surface area contributed by atoms with Crippen molar-refractivity contribution >= 4 is 21.6 Å². The van der Waals surface area contributed by atoms with Gasteiger partial charge in [-0.1, -0.05) is 18.5 Å². The summed E-state index contributed by atoms with van der Waals surface area (Å²) in [6.45, 7) is 2.30. The van der Waals surface area contributed by atoms with Crippen LogP contribution in [0.25, 0.3) is 0 Å². The number of nitrogens with zero attached hydrogens (tertiary/aromatic N) is 1. The normalized spacial score (nSPS) is 12.0.